The largest absolute Gasteiger partial charge is 0.484 e. The van der Waals surface area contributed by atoms with Gasteiger partial charge in [-0.1, -0.05) is 29.8 Å². The van der Waals surface area contributed by atoms with E-state index in [2.05, 4.69) is 5.32 Å². The standard InChI is InChI=1S/C25H14ClF6NO5/c26-17-6-1-2-7-18(17)37-22-21(35)16-9-8-15(11-19(16)38-23(22)25(30,31)32)36-12-20(34)33-14-5-3-4-13(10-14)24(27,28)29/h1-11H,12H2,(H,33,34). The summed E-state index contributed by atoms with van der Waals surface area (Å²) in [6, 6.07) is 12.8. The third-order valence-electron chi connectivity index (χ3n) is 4.97. The van der Waals surface area contributed by atoms with Crippen LogP contribution in [0.4, 0.5) is 32.0 Å². The Kier molecular flexibility index (Phi) is 7.27. The van der Waals surface area contributed by atoms with Crippen LogP contribution in [0, 0.1) is 0 Å². The topological polar surface area (TPSA) is 77.8 Å². The number of amides is 1. The molecule has 1 aromatic heterocycles. The number of halogens is 7. The van der Waals surface area contributed by atoms with Crippen molar-refractivity contribution in [2.45, 2.75) is 12.4 Å². The maximum Gasteiger partial charge on any atom is 0.453 e. The minimum Gasteiger partial charge on any atom is -0.484 e. The number of hydrogen-bond donors (Lipinski definition) is 1. The van der Waals surface area contributed by atoms with Crippen LogP contribution in [-0.4, -0.2) is 12.5 Å². The highest BCUT2D eigenvalue weighted by molar-refractivity contribution is 6.32. The maximum absolute atomic E-state index is 13.7. The van der Waals surface area contributed by atoms with Gasteiger partial charge >= 0.3 is 12.4 Å². The van der Waals surface area contributed by atoms with Gasteiger partial charge in [0.25, 0.3) is 11.7 Å². The fourth-order valence-corrected chi connectivity index (χ4v) is 3.46. The average Bonchev–Trinajstić information content (AvgIpc) is 2.84. The summed E-state index contributed by atoms with van der Waals surface area (Å²) in [4.78, 5) is 25.0. The molecule has 13 heteroatoms. The first-order valence-corrected chi connectivity index (χ1v) is 10.9. The molecule has 1 N–H and O–H groups in total. The number of rotatable bonds is 6. The van der Waals surface area contributed by atoms with Crippen molar-refractivity contribution >= 4 is 34.2 Å². The van der Waals surface area contributed by atoms with Crippen LogP contribution in [0.15, 0.2) is 75.9 Å². The second-order valence-corrected chi connectivity index (χ2v) is 8.10. The second-order valence-electron chi connectivity index (χ2n) is 7.69. The summed E-state index contributed by atoms with van der Waals surface area (Å²) in [5.74, 6) is -4.02. The van der Waals surface area contributed by atoms with Gasteiger partial charge in [0.2, 0.25) is 11.2 Å². The molecule has 6 nitrogen and oxygen atoms in total. The Labute approximate surface area is 214 Å². The number of hydrogen-bond acceptors (Lipinski definition) is 5. The molecule has 3 aromatic carbocycles. The van der Waals surface area contributed by atoms with Crippen LogP contribution in [0.25, 0.3) is 11.0 Å². The third kappa shape index (κ3) is 6.02. The molecule has 1 amide bonds. The first-order valence-electron chi connectivity index (χ1n) is 10.5. The summed E-state index contributed by atoms with van der Waals surface area (Å²) in [5.41, 5.74) is -2.75. The molecule has 0 aliphatic heterocycles. The van der Waals surface area contributed by atoms with Gasteiger partial charge in [0, 0.05) is 11.8 Å². The van der Waals surface area contributed by atoms with Crippen LogP contribution in [-0.2, 0) is 17.1 Å². The lowest BCUT2D eigenvalue weighted by molar-refractivity contribution is -0.154. The molecule has 0 bridgehead atoms. The van der Waals surface area contributed by atoms with Gasteiger partial charge in [-0.2, -0.15) is 26.3 Å². The number of benzene rings is 3. The zero-order valence-electron chi connectivity index (χ0n) is 18.7. The van der Waals surface area contributed by atoms with Crippen LogP contribution in [0.1, 0.15) is 11.3 Å². The number of nitrogens with one attached hydrogen (secondary N) is 1. The van der Waals surface area contributed by atoms with Gasteiger partial charge in [-0.15, -0.1) is 0 Å². The highest BCUT2D eigenvalue weighted by Gasteiger charge is 2.40. The van der Waals surface area contributed by atoms with E-state index in [0.717, 1.165) is 30.3 Å². The molecule has 0 fully saturated rings. The zero-order valence-corrected chi connectivity index (χ0v) is 19.5. The quantitative estimate of drug-likeness (QED) is 0.252. The lowest BCUT2D eigenvalue weighted by atomic mass is 10.2. The molecule has 0 aliphatic rings. The van der Waals surface area contributed by atoms with E-state index in [9.17, 15) is 35.9 Å². The van der Waals surface area contributed by atoms with E-state index < -0.39 is 53.0 Å². The van der Waals surface area contributed by atoms with Gasteiger partial charge in [-0.3, -0.25) is 9.59 Å². The van der Waals surface area contributed by atoms with Crippen LogP contribution >= 0.6 is 11.6 Å². The number of anilines is 1. The number of para-hydroxylation sites is 1. The Morgan fingerprint density at radius 3 is 2.34 bits per heavy atom. The Morgan fingerprint density at radius 1 is 0.921 bits per heavy atom. The smallest absolute Gasteiger partial charge is 0.453 e. The molecule has 0 atom stereocenters. The minimum absolute atomic E-state index is 0.0349. The molecule has 0 aliphatic carbocycles. The second kappa shape index (κ2) is 10.3. The molecular weight excluding hydrogens is 544 g/mol. The van der Waals surface area contributed by atoms with Crippen molar-refractivity contribution in [3.8, 4) is 17.2 Å². The van der Waals surface area contributed by atoms with Gasteiger partial charge in [0.15, 0.2) is 6.61 Å². The van der Waals surface area contributed by atoms with Crippen LogP contribution in [0.5, 0.6) is 17.2 Å². The van der Waals surface area contributed by atoms with Gasteiger partial charge in [-0.05, 0) is 42.5 Å². The highest BCUT2D eigenvalue weighted by atomic mass is 35.5. The summed E-state index contributed by atoms with van der Waals surface area (Å²) in [6.07, 6.45) is -9.73. The van der Waals surface area contributed by atoms with E-state index in [1.54, 1.807) is 0 Å². The van der Waals surface area contributed by atoms with Crippen molar-refractivity contribution in [1.82, 2.24) is 0 Å². The molecule has 0 unspecified atom stereocenters. The molecule has 0 saturated heterocycles. The van der Waals surface area contributed by atoms with E-state index in [1.807, 2.05) is 0 Å². The van der Waals surface area contributed by atoms with Gasteiger partial charge in [0.05, 0.1) is 16.0 Å². The van der Waals surface area contributed by atoms with Crippen molar-refractivity contribution < 1.29 is 45.0 Å². The Hall–Kier alpha value is -4.19. The van der Waals surface area contributed by atoms with Crippen molar-refractivity contribution in [1.29, 1.82) is 0 Å². The first kappa shape index (κ1) is 26.9. The SMILES string of the molecule is O=C(COc1ccc2c(=O)c(Oc3ccccc3Cl)c(C(F)(F)F)oc2c1)Nc1cccc(C(F)(F)F)c1. The molecular formula is C25H14ClF6NO5. The summed E-state index contributed by atoms with van der Waals surface area (Å²) < 4.78 is 95.0. The number of ether oxygens (including phenoxy) is 2. The lowest BCUT2D eigenvalue weighted by Gasteiger charge is -2.14. The monoisotopic (exact) mass is 557 g/mol. The predicted molar refractivity (Wildman–Crippen MR) is 125 cm³/mol. The first-order chi connectivity index (χ1) is 17.8. The number of carbonyl (C=O) groups excluding carboxylic acids is 1. The fraction of sp³-hybridized carbons (Fsp3) is 0.120. The van der Waals surface area contributed by atoms with Crippen LogP contribution in [0.3, 0.4) is 0 Å². The van der Waals surface area contributed by atoms with E-state index in [1.165, 1.54) is 36.4 Å². The Bertz CT molecular complexity index is 1560. The molecule has 4 rings (SSSR count). The molecule has 198 valence electrons. The van der Waals surface area contributed by atoms with Gasteiger partial charge in [-0.25, -0.2) is 0 Å². The zero-order chi connectivity index (χ0) is 27.7. The van der Waals surface area contributed by atoms with Crippen LogP contribution in [0.2, 0.25) is 5.02 Å². The molecule has 0 saturated carbocycles. The van der Waals surface area contributed by atoms with E-state index in [-0.39, 0.29) is 27.6 Å². The number of carbonyl (C=O) groups is 1. The minimum atomic E-state index is -5.12. The van der Waals surface area contributed by atoms with Gasteiger partial charge < -0.3 is 19.2 Å². The lowest BCUT2D eigenvalue weighted by Crippen LogP contribution is -2.20. The molecule has 1 heterocycles. The Balaban J connectivity index is 1.57. The van der Waals surface area contributed by atoms with Gasteiger partial charge in [0.1, 0.15) is 17.1 Å². The van der Waals surface area contributed by atoms with Crippen molar-refractivity contribution in [2.24, 2.45) is 0 Å². The summed E-state index contributed by atoms with van der Waals surface area (Å²) >= 11 is 5.93. The summed E-state index contributed by atoms with van der Waals surface area (Å²) in [6.45, 7) is -0.703. The highest BCUT2D eigenvalue weighted by Crippen LogP contribution is 2.40. The molecule has 0 radical (unpaired) electrons. The summed E-state index contributed by atoms with van der Waals surface area (Å²) in [7, 11) is 0. The van der Waals surface area contributed by atoms with Crippen molar-refractivity contribution in [2.75, 3.05) is 11.9 Å². The van der Waals surface area contributed by atoms with E-state index in [0.29, 0.717) is 0 Å². The molecule has 38 heavy (non-hydrogen) atoms. The third-order valence-corrected chi connectivity index (χ3v) is 5.28. The van der Waals surface area contributed by atoms with Crippen LogP contribution < -0.4 is 20.2 Å². The molecule has 0 spiro atoms. The normalized spacial score (nSPS) is 11.9. The van der Waals surface area contributed by atoms with Crippen molar-refractivity contribution in [3.63, 3.8) is 0 Å². The van der Waals surface area contributed by atoms with Crippen molar-refractivity contribution in [3.05, 3.63) is 93.3 Å². The fourth-order valence-electron chi connectivity index (χ4n) is 3.28. The Morgan fingerprint density at radius 2 is 1.66 bits per heavy atom. The number of fused-ring (bicyclic) bond motifs is 1. The average molecular weight is 558 g/mol. The van der Waals surface area contributed by atoms with E-state index in [4.69, 9.17) is 25.5 Å². The summed E-state index contributed by atoms with van der Waals surface area (Å²) in [5, 5.41) is 1.91. The number of alkyl halides is 6. The molecule has 4 aromatic rings. The van der Waals surface area contributed by atoms with E-state index >= 15 is 0 Å². The maximum atomic E-state index is 13.7. The predicted octanol–water partition coefficient (Wildman–Crippen LogP) is 7.29.